The van der Waals surface area contributed by atoms with Gasteiger partial charge in [-0.1, -0.05) is 26.7 Å². The first-order chi connectivity index (χ1) is 9.14. The first kappa shape index (κ1) is 17.3. The Labute approximate surface area is 124 Å². The third kappa shape index (κ3) is 4.62. The van der Waals surface area contributed by atoms with Gasteiger partial charge in [-0.2, -0.15) is 12.6 Å². The van der Waals surface area contributed by atoms with Gasteiger partial charge in [-0.3, -0.25) is 4.90 Å². The number of hydrogen-bond acceptors (Lipinski definition) is 4. The number of nitrogens with zero attached hydrogens (tertiary/aromatic N) is 1. The molecule has 4 heteroatoms. The molecule has 0 radical (unpaired) electrons. The summed E-state index contributed by atoms with van der Waals surface area (Å²) in [5, 5.41) is 0. The van der Waals surface area contributed by atoms with Crippen molar-refractivity contribution in [2.75, 3.05) is 39.6 Å². The maximum Gasteiger partial charge on any atom is 0.0971 e. The number of methoxy groups -OCH3 is 2. The fourth-order valence-electron chi connectivity index (χ4n) is 3.43. The van der Waals surface area contributed by atoms with E-state index in [-0.39, 0.29) is 12.2 Å². The van der Waals surface area contributed by atoms with Crippen molar-refractivity contribution in [3.63, 3.8) is 0 Å². The van der Waals surface area contributed by atoms with Gasteiger partial charge < -0.3 is 9.47 Å². The molecule has 1 rings (SSSR count). The van der Waals surface area contributed by atoms with Gasteiger partial charge in [-0.05, 0) is 24.0 Å². The highest BCUT2D eigenvalue weighted by atomic mass is 32.1. The molecule has 1 fully saturated rings. The van der Waals surface area contributed by atoms with Crippen molar-refractivity contribution in [2.24, 2.45) is 5.41 Å². The molecule has 0 spiro atoms. The summed E-state index contributed by atoms with van der Waals surface area (Å²) in [6.07, 6.45) is 5.41. The Morgan fingerprint density at radius 2 is 1.53 bits per heavy atom. The van der Waals surface area contributed by atoms with Crippen LogP contribution >= 0.6 is 12.6 Å². The first-order valence-corrected chi connectivity index (χ1v) is 8.16. The van der Waals surface area contributed by atoms with E-state index in [0.717, 1.165) is 25.4 Å². The largest absolute Gasteiger partial charge is 0.377 e. The van der Waals surface area contributed by atoms with E-state index in [4.69, 9.17) is 9.47 Å². The number of thiol groups is 1. The SMILES string of the molecule is CCCC(CS)(CCC)CN1CC(OC)C(OC)C1. The highest BCUT2D eigenvalue weighted by molar-refractivity contribution is 7.80. The second-order valence-corrected chi connectivity index (χ2v) is 6.22. The Balaban J connectivity index is 2.64. The maximum atomic E-state index is 5.53. The lowest BCUT2D eigenvalue weighted by atomic mass is 9.80. The summed E-state index contributed by atoms with van der Waals surface area (Å²) in [6, 6.07) is 0. The Kier molecular flexibility index (Phi) is 7.73. The summed E-state index contributed by atoms with van der Waals surface area (Å²) in [5.41, 5.74) is 0.355. The average Bonchev–Trinajstić information content (AvgIpc) is 2.81. The second kappa shape index (κ2) is 8.50. The highest BCUT2D eigenvalue weighted by Crippen LogP contribution is 2.33. The van der Waals surface area contributed by atoms with E-state index < -0.39 is 0 Å². The first-order valence-electron chi connectivity index (χ1n) is 7.53. The standard InChI is InChI=1S/C15H31NO2S/c1-5-7-15(12-19,8-6-2)11-16-9-13(17-3)14(10-16)18-4/h13-14,19H,5-12H2,1-4H3. The van der Waals surface area contributed by atoms with E-state index in [2.05, 4.69) is 31.4 Å². The number of ether oxygens (including phenoxy) is 2. The third-order valence-electron chi connectivity index (χ3n) is 4.35. The normalized spacial score (nSPS) is 25.1. The minimum absolute atomic E-state index is 0.214. The van der Waals surface area contributed by atoms with Crippen molar-refractivity contribution in [3.05, 3.63) is 0 Å². The smallest absolute Gasteiger partial charge is 0.0971 e. The minimum Gasteiger partial charge on any atom is -0.377 e. The molecule has 1 aliphatic rings. The predicted octanol–water partition coefficient (Wildman–Crippen LogP) is 2.85. The molecule has 0 aliphatic carbocycles. The number of likely N-dealkylation sites (tertiary alicyclic amines) is 1. The van der Waals surface area contributed by atoms with Crippen LogP contribution in [0.5, 0.6) is 0 Å². The van der Waals surface area contributed by atoms with Crippen LogP contribution in [0, 0.1) is 5.41 Å². The molecule has 1 heterocycles. The lowest BCUT2D eigenvalue weighted by Gasteiger charge is -2.36. The van der Waals surface area contributed by atoms with Gasteiger partial charge in [0.25, 0.3) is 0 Å². The molecule has 0 bridgehead atoms. The Hall–Kier alpha value is 0.230. The van der Waals surface area contributed by atoms with Gasteiger partial charge in [0, 0.05) is 33.9 Å². The summed E-state index contributed by atoms with van der Waals surface area (Å²) in [6.45, 7) is 7.63. The van der Waals surface area contributed by atoms with Crippen LogP contribution in [0.2, 0.25) is 0 Å². The van der Waals surface area contributed by atoms with Crippen LogP contribution in [0.25, 0.3) is 0 Å². The van der Waals surface area contributed by atoms with Gasteiger partial charge in [-0.25, -0.2) is 0 Å². The number of hydrogen-bond donors (Lipinski definition) is 1. The van der Waals surface area contributed by atoms with Gasteiger partial charge in [0.05, 0.1) is 12.2 Å². The van der Waals surface area contributed by atoms with Crippen LogP contribution in [-0.4, -0.2) is 56.7 Å². The van der Waals surface area contributed by atoms with E-state index >= 15 is 0 Å². The van der Waals surface area contributed by atoms with Crippen molar-refractivity contribution in [2.45, 2.75) is 51.7 Å². The zero-order valence-corrected chi connectivity index (χ0v) is 13.9. The Morgan fingerprint density at radius 1 is 1.05 bits per heavy atom. The van der Waals surface area contributed by atoms with Crippen LogP contribution in [0.4, 0.5) is 0 Å². The lowest BCUT2D eigenvalue weighted by molar-refractivity contribution is -0.00461. The Bertz CT molecular complexity index is 232. The molecule has 1 saturated heterocycles. The van der Waals surface area contributed by atoms with Crippen LogP contribution in [0.1, 0.15) is 39.5 Å². The fourth-order valence-corrected chi connectivity index (χ4v) is 3.84. The van der Waals surface area contributed by atoms with Gasteiger partial charge in [0.15, 0.2) is 0 Å². The van der Waals surface area contributed by atoms with E-state index in [0.29, 0.717) is 5.41 Å². The molecule has 0 aromatic carbocycles. The predicted molar refractivity (Wildman–Crippen MR) is 84.1 cm³/mol. The molecule has 1 aliphatic heterocycles. The summed E-state index contributed by atoms with van der Waals surface area (Å²) in [5.74, 6) is 0.973. The molecule has 0 amide bonds. The molecule has 114 valence electrons. The summed E-state index contributed by atoms with van der Waals surface area (Å²) >= 11 is 4.64. The van der Waals surface area contributed by atoms with E-state index in [1.807, 2.05) is 0 Å². The fraction of sp³-hybridized carbons (Fsp3) is 1.00. The van der Waals surface area contributed by atoms with Crippen molar-refractivity contribution in [1.82, 2.24) is 4.90 Å². The van der Waals surface area contributed by atoms with Crippen molar-refractivity contribution in [3.8, 4) is 0 Å². The Morgan fingerprint density at radius 3 is 1.84 bits per heavy atom. The molecule has 0 aromatic rings. The minimum atomic E-state index is 0.214. The van der Waals surface area contributed by atoms with Crippen molar-refractivity contribution >= 4 is 12.6 Å². The molecule has 0 N–H and O–H groups in total. The van der Waals surface area contributed by atoms with Gasteiger partial charge in [-0.15, -0.1) is 0 Å². The molecular formula is C15H31NO2S. The molecule has 3 nitrogen and oxygen atoms in total. The summed E-state index contributed by atoms with van der Waals surface area (Å²) in [4.78, 5) is 2.50. The maximum absolute atomic E-state index is 5.53. The summed E-state index contributed by atoms with van der Waals surface area (Å²) in [7, 11) is 3.56. The zero-order valence-electron chi connectivity index (χ0n) is 13.0. The molecule has 2 unspecified atom stereocenters. The van der Waals surface area contributed by atoms with Gasteiger partial charge in [0.2, 0.25) is 0 Å². The zero-order chi connectivity index (χ0) is 14.3. The van der Waals surface area contributed by atoms with Crippen molar-refractivity contribution < 1.29 is 9.47 Å². The van der Waals surface area contributed by atoms with Gasteiger partial charge >= 0.3 is 0 Å². The quantitative estimate of drug-likeness (QED) is 0.660. The molecule has 0 saturated carbocycles. The topological polar surface area (TPSA) is 21.7 Å². The third-order valence-corrected chi connectivity index (χ3v) is 5.02. The number of rotatable bonds is 9. The second-order valence-electron chi connectivity index (χ2n) is 5.90. The van der Waals surface area contributed by atoms with Crippen LogP contribution in [-0.2, 0) is 9.47 Å². The lowest BCUT2D eigenvalue weighted by Crippen LogP contribution is -2.38. The molecular weight excluding hydrogens is 258 g/mol. The van der Waals surface area contributed by atoms with E-state index in [1.165, 1.54) is 25.7 Å². The average molecular weight is 289 g/mol. The monoisotopic (exact) mass is 289 g/mol. The van der Waals surface area contributed by atoms with Crippen molar-refractivity contribution in [1.29, 1.82) is 0 Å². The van der Waals surface area contributed by atoms with Crippen LogP contribution in [0.15, 0.2) is 0 Å². The summed E-state index contributed by atoms with van der Waals surface area (Å²) < 4.78 is 11.1. The van der Waals surface area contributed by atoms with Crippen LogP contribution < -0.4 is 0 Å². The van der Waals surface area contributed by atoms with E-state index in [1.54, 1.807) is 14.2 Å². The van der Waals surface area contributed by atoms with Gasteiger partial charge in [0.1, 0.15) is 0 Å². The highest BCUT2D eigenvalue weighted by Gasteiger charge is 2.37. The molecule has 2 atom stereocenters. The molecule has 19 heavy (non-hydrogen) atoms. The van der Waals surface area contributed by atoms with E-state index in [9.17, 15) is 0 Å². The molecule has 0 aromatic heterocycles. The van der Waals surface area contributed by atoms with Crippen LogP contribution in [0.3, 0.4) is 0 Å².